The Kier molecular flexibility index (Phi) is 11.3. The molecule has 14 heteroatoms. The molecule has 1 aliphatic rings. The minimum absolute atomic E-state index is 0.00794. The van der Waals surface area contributed by atoms with E-state index in [1.807, 2.05) is 84.9 Å². The summed E-state index contributed by atoms with van der Waals surface area (Å²) in [7, 11) is 3.19. The van der Waals surface area contributed by atoms with Gasteiger partial charge in [-0.05, 0) is 59.7 Å². The van der Waals surface area contributed by atoms with Crippen LogP contribution in [-0.4, -0.2) is 54.1 Å². The van der Waals surface area contributed by atoms with Gasteiger partial charge in [-0.2, -0.15) is 5.26 Å². The number of aromatic amines is 1. The van der Waals surface area contributed by atoms with Crippen LogP contribution in [-0.2, 0) is 35.9 Å². The minimum atomic E-state index is -3.84. The first-order chi connectivity index (χ1) is 23.1. The second-order valence-electron chi connectivity index (χ2n) is 11.0. The minimum Gasteiger partial charge on any atom is -0.497 e. The van der Waals surface area contributed by atoms with Crippen molar-refractivity contribution in [2.45, 2.75) is 43.8 Å². The summed E-state index contributed by atoms with van der Waals surface area (Å²) in [6.45, 7) is -2.48. The van der Waals surface area contributed by atoms with Crippen LogP contribution >= 0.6 is 6.72 Å². The lowest BCUT2D eigenvalue weighted by atomic mass is 9.80. The first kappa shape index (κ1) is 35.2. The molecule has 3 aromatic carbocycles. The van der Waals surface area contributed by atoms with E-state index in [0.717, 1.165) is 16.7 Å². The quantitative estimate of drug-likeness (QED) is 0.107. The first-order valence-electron chi connectivity index (χ1n) is 15.1. The maximum absolute atomic E-state index is 12.8. The third kappa shape index (κ3) is 7.77. The molecule has 0 amide bonds. The summed E-state index contributed by atoms with van der Waals surface area (Å²) in [4.78, 5) is 38.1. The van der Waals surface area contributed by atoms with Gasteiger partial charge in [0.05, 0.1) is 46.0 Å². The zero-order valence-corrected chi connectivity index (χ0v) is 28.3. The van der Waals surface area contributed by atoms with Crippen molar-refractivity contribution in [2.24, 2.45) is 0 Å². The highest BCUT2D eigenvalue weighted by molar-refractivity contribution is 8.07. The van der Waals surface area contributed by atoms with Crippen LogP contribution in [0.5, 0.6) is 11.5 Å². The highest BCUT2D eigenvalue weighted by atomic mass is 32.5. The Labute approximate surface area is 282 Å². The topological polar surface area (TPSA) is 154 Å². The van der Waals surface area contributed by atoms with Crippen molar-refractivity contribution in [2.75, 3.05) is 27.4 Å². The second-order valence-corrected chi connectivity index (χ2v) is 13.8. The standard InChI is InChI=1S/C34H36N3O9PS/c1-23-21-37(33(39)36-32(23)38)31-20-29(46-47(40,48)44-19-7-18-35)30(45-31)22-43-34(24-8-5-4-6-9-24,25-10-14-27(41-2)15-11-25)26-12-16-28(42-3)17-13-26/h4-6,8-17,21,29-31H,7,19-20,22H2,1-3H3,(H,40,48)(H,36,38,39)/t29-,30+,31+,47?/m0/s1. The van der Waals surface area contributed by atoms with E-state index in [-0.39, 0.29) is 26.1 Å². The van der Waals surface area contributed by atoms with Crippen molar-refractivity contribution in [1.82, 2.24) is 9.55 Å². The summed E-state index contributed by atoms with van der Waals surface area (Å²) < 4.78 is 36.9. The molecule has 4 aromatic rings. The van der Waals surface area contributed by atoms with Crippen molar-refractivity contribution in [3.63, 3.8) is 0 Å². The number of H-pyrrole nitrogens is 1. The molecular formula is C34H36N3O9PS. The van der Waals surface area contributed by atoms with E-state index in [1.54, 1.807) is 21.1 Å². The van der Waals surface area contributed by atoms with Gasteiger partial charge >= 0.3 is 12.4 Å². The smallest absolute Gasteiger partial charge is 0.330 e. The lowest BCUT2D eigenvalue weighted by molar-refractivity contribution is -0.0927. The van der Waals surface area contributed by atoms with Crippen LogP contribution in [0.2, 0.25) is 0 Å². The Morgan fingerprint density at radius 2 is 1.58 bits per heavy atom. The van der Waals surface area contributed by atoms with Crippen LogP contribution in [0.15, 0.2) is 94.6 Å². The maximum Gasteiger partial charge on any atom is 0.330 e. The van der Waals surface area contributed by atoms with Crippen molar-refractivity contribution in [3.8, 4) is 17.6 Å². The molecule has 1 fully saturated rings. The summed E-state index contributed by atoms with van der Waals surface area (Å²) in [5.74, 6) is 1.33. The monoisotopic (exact) mass is 693 g/mol. The number of nitrogens with one attached hydrogen (secondary N) is 1. The van der Waals surface area contributed by atoms with Gasteiger partial charge in [-0.1, -0.05) is 54.6 Å². The van der Waals surface area contributed by atoms with Gasteiger partial charge in [0.15, 0.2) is 0 Å². The number of nitriles is 1. The Balaban J connectivity index is 1.57. The molecule has 5 rings (SSSR count). The second kappa shape index (κ2) is 15.4. The Morgan fingerprint density at radius 1 is 1.00 bits per heavy atom. The molecule has 1 unspecified atom stereocenters. The lowest BCUT2D eigenvalue weighted by Gasteiger charge is -2.37. The van der Waals surface area contributed by atoms with Gasteiger partial charge < -0.3 is 32.9 Å². The number of ether oxygens (including phenoxy) is 4. The van der Waals surface area contributed by atoms with Crippen molar-refractivity contribution in [3.05, 3.63) is 128 Å². The SMILES string of the molecule is COc1ccc(C(OC[C@H]2O[C@@H](n3cc(C)c(=O)[nH]c3=O)C[C@@H]2OP(O)(=S)OCCC#N)(c2ccccc2)c2ccc(OC)cc2)cc1. The molecule has 0 radical (unpaired) electrons. The fourth-order valence-corrected chi connectivity index (χ4v) is 7.12. The van der Waals surface area contributed by atoms with Crippen LogP contribution < -0.4 is 20.7 Å². The Bertz CT molecular complexity index is 1850. The lowest BCUT2D eigenvalue weighted by Crippen LogP contribution is -2.38. The van der Waals surface area contributed by atoms with E-state index in [9.17, 15) is 14.5 Å². The fraction of sp³-hybridized carbons (Fsp3) is 0.324. The molecule has 2 heterocycles. The molecule has 1 aliphatic heterocycles. The van der Waals surface area contributed by atoms with Gasteiger partial charge in [0.25, 0.3) is 5.56 Å². The number of hydrogen-bond acceptors (Lipinski definition) is 10. The molecule has 1 saturated heterocycles. The maximum atomic E-state index is 12.8. The number of hydrogen-bond donors (Lipinski definition) is 2. The van der Waals surface area contributed by atoms with Crippen LogP contribution in [0.1, 0.15) is 41.3 Å². The van der Waals surface area contributed by atoms with Gasteiger partial charge in [0.2, 0.25) is 0 Å². The molecule has 252 valence electrons. The predicted octanol–water partition coefficient (Wildman–Crippen LogP) is 4.69. The van der Waals surface area contributed by atoms with E-state index in [0.29, 0.717) is 17.1 Å². The van der Waals surface area contributed by atoms with Gasteiger partial charge in [-0.25, -0.2) is 4.79 Å². The predicted molar refractivity (Wildman–Crippen MR) is 180 cm³/mol. The normalized spacial score (nSPS) is 18.9. The molecule has 1 aromatic heterocycles. The van der Waals surface area contributed by atoms with Crippen LogP contribution in [0.3, 0.4) is 0 Å². The summed E-state index contributed by atoms with van der Waals surface area (Å²) in [5.41, 5.74) is 0.319. The van der Waals surface area contributed by atoms with Gasteiger partial charge in [0.1, 0.15) is 29.4 Å². The summed E-state index contributed by atoms with van der Waals surface area (Å²) in [6.07, 6.45) is -1.17. The molecule has 0 saturated carbocycles. The van der Waals surface area contributed by atoms with E-state index in [2.05, 4.69) is 4.98 Å². The molecule has 0 bridgehead atoms. The number of rotatable bonds is 14. The average Bonchev–Trinajstić information content (AvgIpc) is 3.48. The van der Waals surface area contributed by atoms with E-state index < -0.39 is 42.0 Å². The fourth-order valence-electron chi connectivity index (χ4n) is 5.62. The molecular weight excluding hydrogens is 657 g/mol. The number of aryl methyl sites for hydroxylation is 1. The van der Waals surface area contributed by atoms with Crippen LogP contribution in [0, 0.1) is 18.3 Å². The van der Waals surface area contributed by atoms with Gasteiger partial charge in [-0.3, -0.25) is 14.3 Å². The average molecular weight is 694 g/mol. The number of benzene rings is 3. The summed E-state index contributed by atoms with van der Waals surface area (Å²) in [5, 5.41) is 8.92. The van der Waals surface area contributed by atoms with E-state index in [4.69, 9.17) is 45.1 Å². The first-order valence-corrected chi connectivity index (χ1v) is 17.7. The summed E-state index contributed by atoms with van der Waals surface area (Å²) >= 11 is 5.28. The largest absolute Gasteiger partial charge is 0.497 e. The molecule has 2 N–H and O–H groups in total. The third-order valence-electron chi connectivity index (χ3n) is 8.01. The molecule has 12 nitrogen and oxygen atoms in total. The van der Waals surface area contributed by atoms with Gasteiger partial charge in [0, 0.05) is 18.2 Å². The Morgan fingerprint density at radius 3 is 2.15 bits per heavy atom. The van der Waals surface area contributed by atoms with Gasteiger partial charge in [-0.15, -0.1) is 0 Å². The molecule has 48 heavy (non-hydrogen) atoms. The highest BCUT2D eigenvalue weighted by Gasteiger charge is 2.44. The van der Waals surface area contributed by atoms with E-state index >= 15 is 0 Å². The van der Waals surface area contributed by atoms with E-state index in [1.165, 1.54) is 10.8 Å². The van der Waals surface area contributed by atoms with Crippen molar-refractivity contribution >= 4 is 18.5 Å². The number of aromatic nitrogens is 2. The number of nitrogens with zero attached hydrogens (tertiary/aromatic N) is 2. The van der Waals surface area contributed by atoms with Crippen LogP contribution in [0.4, 0.5) is 0 Å². The zero-order valence-electron chi connectivity index (χ0n) is 26.6. The van der Waals surface area contributed by atoms with Crippen molar-refractivity contribution < 1.29 is 32.9 Å². The van der Waals surface area contributed by atoms with Crippen LogP contribution in [0.25, 0.3) is 0 Å². The number of methoxy groups -OCH3 is 2. The van der Waals surface area contributed by atoms with Crippen molar-refractivity contribution in [1.29, 1.82) is 5.26 Å². The molecule has 0 spiro atoms. The third-order valence-corrected chi connectivity index (χ3v) is 9.63. The highest BCUT2D eigenvalue weighted by Crippen LogP contribution is 2.49. The Hall–Kier alpha value is -4.12. The molecule has 0 aliphatic carbocycles. The summed E-state index contributed by atoms with van der Waals surface area (Å²) in [6, 6.07) is 26.7. The zero-order chi connectivity index (χ0) is 34.3. The molecule has 4 atom stereocenters.